The van der Waals surface area contributed by atoms with Crippen LogP contribution in [0.25, 0.3) is 0 Å². The lowest BCUT2D eigenvalue weighted by Gasteiger charge is -2.17. The van der Waals surface area contributed by atoms with Crippen molar-refractivity contribution >= 4 is 12.4 Å². The Balaban J connectivity index is 3.88. The predicted octanol–water partition coefficient (Wildman–Crippen LogP) is 0.232. The average molecular weight is 159 g/mol. The van der Waals surface area contributed by atoms with Gasteiger partial charge in [-0.05, 0) is 5.92 Å². The molecule has 0 heterocycles. The molecule has 0 spiro atoms. The third-order valence-corrected chi connectivity index (χ3v) is 1.48. The molecule has 0 rings (SSSR count). The number of hydrogen-bond donors (Lipinski definition) is 2. The summed E-state index contributed by atoms with van der Waals surface area (Å²) < 4.78 is 0. The summed E-state index contributed by atoms with van der Waals surface area (Å²) in [5.41, 5.74) is 0. The molecule has 2 N–H and O–H groups in total. The summed E-state index contributed by atoms with van der Waals surface area (Å²) in [5, 5.41) is 10.9. The van der Waals surface area contributed by atoms with E-state index in [1.54, 1.807) is 0 Å². The normalized spacial score (nSPS) is 12.6. The minimum Gasteiger partial charge on any atom is -0.481 e. The number of nitrogens with one attached hydrogen (secondary N) is 1. The first-order chi connectivity index (χ1) is 5.07. The number of hydrogen-bond acceptors (Lipinski definition) is 2. The molecule has 0 bridgehead atoms. The SMILES string of the molecule is CC(C)[C@H](CC(=O)O)NC=O. The smallest absolute Gasteiger partial charge is 0.305 e. The Morgan fingerprint density at radius 3 is 2.45 bits per heavy atom. The average Bonchev–Trinajstić information content (AvgIpc) is 1.86. The summed E-state index contributed by atoms with van der Waals surface area (Å²) in [5.74, 6) is -0.741. The molecule has 0 aliphatic rings. The molecule has 0 aromatic heterocycles. The maximum absolute atomic E-state index is 10.2. The van der Waals surface area contributed by atoms with Crippen LogP contribution in [-0.4, -0.2) is 23.5 Å². The third kappa shape index (κ3) is 4.36. The molecule has 0 saturated heterocycles. The zero-order chi connectivity index (χ0) is 8.85. The first-order valence-corrected chi connectivity index (χ1v) is 3.49. The van der Waals surface area contributed by atoms with Crippen molar-refractivity contribution in [2.75, 3.05) is 0 Å². The van der Waals surface area contributed by atoms with Crippen molar-refractivity contribution in [1.82, 2.24) is 5.32 Å². The second-order valence-electron chi connectivity index (χ2n) is 2.73. The van der Waals surface area contributed by atoms with Gasteiger partial charge in [0.25, 0.3) is 0 Å². The molecular weight excluding hydrogens is 146 g/mol. The molecule has 0 saturated carbocycles. The fraction of sp³-hybridized carbons (Fsp3) is 0.714. The largest absolute Gasteiger partial charge is 0.481 e. The van der Waals surface area contributed by atoms with Gasteiger partial charge < -0.3 is 10.4 Å². The van der Waals surface area contributed by atoms with Gasteiger partial charge in [0.1, 0.15) is 0 Å². The highest BCUT2D eigenvalue weighted by Gasteiger charge is 2.15. The summed E-state index contributed by atoms with van der Waals surface area (Å²) in [7, 11) is 0. The number of amides is 1. The maximum atomic E-state index is 10.2. The Kier molecular flexibility index (Phi) is 4.26. The predicted molar refractivity (Wildman–Crippen MR) is 40.1 cm³/mol. The van der Waals surface area contributed by atoms with Crippen LogP contribution in [0, 0.1) is 5.92 Å². The van der Waals surface area contributed by atoms with Gasteiger partial charge in [-0.1, -0.05) is 13.8 Å². The van der Waals surface area contributed by atoms with Crippen LogP contribution >= 0.6 is 0 Å². The van der Waals surface area contributed by atoms with E-state index in [1.807, 2.05) is 13.8 Å². The Morgan fingerprint density at radius 1 is 1.64 bits per heavy atom. The molecule has 0 aliphatic heterocycles. The van der Waals surface area contributed by atoms with E-state index >= 15 is 0 Å². The van der Waals surface area contributed by atoms with Crippen LogP contribution in [-0.2, 0) is 9.59 Å². The topological polar surface area (TPSA) is 66.4 Å². The van der Waals surface area contributed by atoms with Crippen LogP contribution in [0.3, 0.4) is 0 Å². The molecule has 11 heavy (non-hydrogen) atoms. The zero-order valence-electron chi connectivity index (χ0n) is 6.70. The highest BCUT2D eigenvalue weighted by Crippen LogP contribution is 2.04. The number of carboxylic acid groups (broad SMARTS) is 1. The van der Waals surface area contributed by atoms with Crippen LogP contribution in [0.4, 0.5) is 0 Å². The summed E-state index contributed by atoms with van der Waals surface area (Å²) in [6, 6.07) is -0.259. The second-order valence-corrected chi connectivity index (χ2v) is 2.73. The van der Waals surface area contributed by atoms with Gasteiger partial charge >= 0.3 is 5.97 Å². The van der Waals surface area contributed by atoms with Crippen LogP contribution in [0.5, 0.6) is 0 Å². The van der Waals surface area contributed by atoms with Gasteiger partial charge in [-0.3, -0.25) is 9.59 Å². The summed E-state index contributed by atoms with van der Waals surface area (Å²) in [4.78, 5) is 20.2. The summed E-state index contributed by atoms with van der Waals surface area (Å²) in [6.45, 7) is 3.73. The maximum Gasteiger partial charge on any atom is 0.305 e. The Bertz CT molecular complexity index is 145. The van der Waals surface area contributed by atoms with E-state index in [2.05, 4.69) is 5.32 Å². The van der Waals surface area contributed by atoms with Gasteiger partial charge in [0.15, 0.2) is 0 Å². The summed E-state index contributed by atoms with van der Waals surface area (Å²) >= 11 is 0. The summed E-state index contributed by atoms with van der Waals surface area (Å²) in [6.07, 6.45) is 0.518. The highest BCUT2D eigenvalue weighted by atomic mass is 16.4. The molecule has 1 amide bonds. The molecule has 64 valence electrons. The highest BCUT2D eigenvalue weighted by molar-refractivity contribution is 5.68. The van der Waals surface area contributed by atoms with Crippen molar-refractivity contribution in [3.8, 4) is 0 Å². The molecule has 0 aromatic carbocycles. The van der Waals surface area contributed by atoms with E-state index in [0.29, 0.717) is 6.41 Å². The number of carbonyl (C=O) groups excluding carboxylic acids is 1. The van der Waals surface area contributed by atoms with Gasteiger partial charge in [-0.25, -0.2) is 0 Å². The molecule has 0 unspecified atom stereocenters. The lowest BCUT2D eigenvalue weighted by Crippen LogP contribution is -2.34. The van der Waals surface area contributed by atoms with Gasteiger partial charge in [0.05, 0.1) is 6.42 Å². The van der Waals surface area contributed by atoms with Crippen molar-refractivity contribution < 1.29 is 14.7 Å². The number of carbonyl (C=O) groups is 2. The molecule has 4 nitrogen and oxygen atoms in total. The Morgan fingerprint density at radius 2 is 2.18 bits per heavy atom. The number of aliphatic carboxylic acids is 1. The lowest BCUT2D eigenvalue weighted by atomic mass is 10.0. The fourth-order valence-corrected chi connectivity index (χ4v) is 0.763. The van der Waals surface area contributed by atoms with Crippen molar-refractivity contribution in [3.05, 3.63) is 0 Å². The third-order valence-electron chi connectivity index (χ3n) is 1.48. The first-order valence-electron chi connectivity index (χ1n) is 3.49. The van der Waals surface area contributed by atoms with Gasteiger partial charge in [0.2, 0.25) is 6.41 Å². The molecule has 0 radical (unpaired) electrons. The second kappa shape index (κ2) is 4.71. The van der Waals surface area contributed by atoms with E-state index < -0.39 is 5.97 Å². The van der Waals surface area contributed by atoms with Gasteiger partial charge in [-0.15, -0.1) is 0 Å². The lowest BCUT2D eigenvalue weighted by molar-refractivity contribution is -0.137. The van der Waals surface area contributed by atoms with E-state index in [9.17, 15) is 9.59 Å². The van der Waals surface area contributed by atoms with Gasteiger partial charge in [0, 0.05) is 6.04 Å². The van der Waals surface area contributed by atoms with E-state index in [4.69, 9.17) is 5.11 Å². The minimum absolute atomic E-state index is 0.0175. The zero-order valence-corrected chi connectivity index (χ0v) is 6.70. The molecule has 4 heteroatoms. The van der Waals surface area contributed by atoms with Gasteiger partial charge in [-0.2, -0.15) is 0 Å². The van der Waals surface area contributed by atoms with Crippen molar-refractivity contribution in [3.63, 3.8) is 0 Å². The van der Waals surface area contributed by atoms with E-state index in [-0.39, 0.29) is 18.4 Å². The van der Waals surface area contributed by atoms with E-state index in [0.717, 1.165) is 0 Å². The molecule has 1 atom stereocenters. The minimum atomic E-state index is -0.891. The van der Waals surface area contributed by atoms with Crippen LogP contribution in [0.2, 0.25) is 0 Å². The van der Waals surface area contributed by atoms with Crippen LogP contribution < -0.4 is 5.32 Å². The Labute approximate surface area is 65.6 Å². The number of carboxylic acids is 1. The molecule has 0 aromatic rings. The first kappa shape index (κ1) is 9.94. The van der Waals surface area contributed by atoms with Crippen molar-refractivity contribution in [1.29, 1.82) is 0 Å². The quantitative estimate of drug-likeness (QED) is 0.564. The fourth-order valence-electron chi connectivity index (χ4n) is 0.763. The van der Waals surface area contributed by atoms with Crippen molar-refractivity contribution in [2.24, 2.45) is 5.92 Å². The molecular formula is C7H13NO3. The van der Waals surface area contributed by atoms with Crippen LogP contribution in [0.15, 0.2) is 0 Å². The Hall–Kier alpha value is -1.06. The van der Waals surface area contributed by atoms with Crippen LogP contribution in [0.1, 0.15) is 20.3 Å². The monoisotopic (exact) mass is 159 g/mol. The molecule has 0 fully saturated rings. The number of rotatable bonds is 5. The standard InChI is InChI=1S/C7H13NO3/c1-5(2)6(8-4-9)3-7(10)11/h4-6H,3H2,1-2H3,(H,8,9)(H,10,11)/t6-/m0/s1. The molecule has 0 aliphatic carbocycles. The van der Waals surface area contributed by atoms with E-state index in [1.165, 1.54) is 0 Å². The van der Waals surface area contributed by atoms with Crippen molar-refractivity contribution in [2.45, 2.75) is 26.3 Å².